The predicted molar refractivity (Wildman–Crippen MR) is 87.7 cm³/mol. The molecule has 3 nitrogen and oxygen atoms in total. The van der Waals surface area contributed by atoms with Gasteiger partial charge in [0.2, 0.25) is 0 Å². The van der Waals surface area contributed by atoms with E-state index < -0.39 is 6.30 Å². The Morgan fingerprint density at radius 1 is 0.917 bits per heavy atom. The normalized spacial score (nSPS) is 12.4. The first-order valence-corrected chi connectivity index (χ1v) is 7.28. The molecule has 122 valence electrons. The van der Waals surface area contributed by atoms with Crippen LogP contribution in [-0.2, 0) is 0 Å². The summed E-state index contributed by atoms with van der Waals surface area (Å²) >= 11 is 0. The van der Waals surface area contributed by atoms with Crippen LogP contribution in [0.3, 0.4) is 0 Å². The second-order valence-corrected chi connectivity index (χ2v) is 5.19. The first kappa shape index (κ1) is 16.0. The quantitative estimate of drug-likeness (QED) is 0.369. The summed E-state index contributed by atoms with van der Waals surface area (Å²) in [6.45, 7) is 1.29. The Balaban J connectivity index is 2.16. The summed E-state index contributed by atoms with van der Waals surface area (Å²) in [5, 5.41) is 4.33. The van der Waals surface area contributed by atoms with E-state index in [4.69, 9.17) is 0 Å². The number of alkyl halides is 3. The van der Waals surface area contributed by atoms with Crippen LogP contribution in [0.2, 0.25) is 0 Å². The predicted octanol–water partition coefficient (Wildman–Crippen LogP) is 5.00. The standard InChI is InChI=1S/C18H14F3N3/c1-13(22-18(19,20)21)24-17(15-10-6-3-7-11-15)12-16(23-24)14-8-4-2-5-9-14/h2-12H,1H3/b22-13+. The van der Waals surface area contributed by atoms with Crippen LogP contribution >= 0.6 is 0 Å². The Morgan fingerprint density at radius 2 is 1.46 bits per heavy atom. The van der Waals surface area contributed by atoms with E-state index in [2.05, 4.69) is 10.1 Å². The van der Waals surface area contributed by atoms with Crippen LogP contribution < -0.4 is 0 Å². The maximum absolute atomic E-state index is 12.6. The van der Waals surface area contributed by atoms with Gasteiger partial charge in [0.05, 0.1) is 11.4 Å². The molecular formula is C18H14F3N3. The Morgan fingerprint density at radius 3 is 2.00 bits per heavy atom. The molecular weight excluding hydrogens is 315 g/mol. The van der Waals surface area contributed by atoms with E-state index >= 15 is 0 Å². The smallest absolute Gasteiger partial charge is 0.218 e. The van der Waals surface area contributed by atoms with E-state index in [0.29, 0.717) is 11.4 Å². The van der Waals surface area contributed by atoms with Gasteiger partial charge < -0.3 is 0 Å². The third-order valence-electron chi connectivity index (χ3n) is 3.44. The van der Waals surface area contributed by atoms with E-state index in [1.165, 1.54) is 11.6 Å². The second-order valence-electron chi connectivity index (χ2n) is 5.19. The fraction of sp³-hybridized carbons (Fsp3) is 0.111. The molecule has 0 unspecified atom stereocenters. The lowest BCUT2D eigenvalue weighted by Crippen LogP contribution is -2.16. The minimum atomic E-state index is -4.64. The van der Waals surface area contributed by atoms with Gasteiger partial charge in [0.1, 0.15) is 5.84 Å². The van der Waals surface area contributed by atoms with Crippen LogP contribution in [-0.4, -0.2) is 21.9 Å². The molecule has 6 heteroatoms. The maximum Gasteiger partial charge on any atom is 0.504 e. The highest BCUT2D eigenvalue weighted by molar-refractivity contribution is 5.87. The van der Waals surface area contributed by atoms with Crippen LogP contribution in [0, 0.1) is 0 Å². The summed E-state index contributed by atoms with van der Waals surface area (Å²) in [6, 6.07) is 20.2. The third-order valence-corrected chi connectivity index (χ3v) is 3.44. The molecule has 0 bridgehead atoms. The van der Waals surface area contributed by atoms with E-state index in [9.17, 15) is 13.2 Å². The lowest BCUT2D eigenvalue weighted by atomic mass is 10.1. The number of halogens is 3. The topological polar surface area (TPSA) is 30.2 Å². The molecule has 0 saturated heterocycles. The van der Waals surface area contributed by atoms with Crippen molar-refractivity contribution in [1.82, 2.24) is 9.78 Å². The van der Waals surface area contributed by atoms with Crippen LogP contribution in [0.25, 0.3) is 22.5 Å². The molecule has 0 aliphatic rings. The molecule has 3 rings (SSSR count). The van der Waals surface area contributed by atoms with E-state index in [1.807, 2.05) is 60.7 Å². The zero-order valence-electron chi connectivity index (χ0n) is 12.8. The Labute approximate surface area is 137 Å². The van der Waals surface area contributed by atoms with E-state index in [1.54, 1.807) is 6.07 Å². The molecule has 2 aromatic carbocycles. The summed E-state index contributed by atoms with van der Waals surface area (Å²) in [5.74, 6) is -0.233. The molecule has 0 saturated carbocycles. The first-order chi connectivity index (χ1) is 11.4. The Hall–Kier alpha value is -2.89. The van der Waals surface area contributed by atoms with Gasteiger partial charge in [-0.2, -0.15) is 10.1 Å². The van der Waals surface area contributed by atoms with Crippen LogP contribution in [0.5, 0.6) is 0 Å². The number of aromatic nitrogens is 2. The molecule has 0 spiro atoms. The van der Waals surface area contributed by atoms with Crippen molar-refractivity contribution in [1.29, 1.82) is 0 Å². The summed E-state index contributed by atoms with van der Waals surface area (Å²) in [4.78, 5) is 2.79. The number of nitrogens with zero attached hydrogens (tertiary/aromatic N) is 3. The second kappa shape index (κ2) is 6.31. The summed E-state index contributed by atoms with van der Waals surface area (Å²) in [5.41, 5.74) is 2.74. The van der Waals surface area contributed by atoms with Crippen LogP contribution in [0.1, 0.15) is 6.92 Å². The lowest BCUT2D eigenvalue weighted by molar-refractivity contribution is -0.119. The van der Waals surface area contributed by atoms with Crippen molar-refractivity contribution in [3.05, 3.63) is 66.7 Å². The third kappa shape index (κ3) is 3.53. The van der Waals surface area contributed by atoms with Gasteiger partial charge in [-0.15, -0.1) is 13.2 Å². The lowest BCUT2D eigenvalue weighted by Gasteiger charge is -2.08. The van der Waals surface area contributed by atoms with Crippen molar-refractivity contribution in [2.75, 3.05) is 0 Å². The zero-order valence-corrected chi connectivity index (χ0v) is 12.8. The minimum Gasteiger partial charge on any atom is -0.218 e. The maximum atomic E-state index is 12.6. The van der Waals surface area contributed by atoms with Gasteiger partial charge in [-0.25, -0.2) is 4.68 Å². The fourth-order valence-corrected chi connectivity index (χ4v) is 2.42. The molecule has 0 amide bonds. The molecule has 0 radical (unpaired) electrons. The first-order valence-electron chi connectivity index (χ1n) is 7.28. The molecule has 0 atom stereocenters. The molecule has 0 fully saturated rings. The Kier molecular flexibility index (Phi) is 4.20. The molecule has 0 aliphatic heterocycles. The number of hydrogen-bond acceptors (Lipinski definition) is 2. The van der Waals surface area contributed by atoms with Crippen molar-refractivity contribution >= 4 is 5.84 Å². The summed E-state index contributed by atoms with van der Waals surface area (Å²) in [6.07, 6.45) is -4.64. The number of benzene rings is 2. The molecule has 0 N–H and O–H groups in total. The SMILES string of the molecule is C/C(=N\C(F)(F)F)n1nc(-c2ccccc2)cc1-c1ccccc1. The van der Waals surface area contributed by atoms with Crippen LogP contribution in [0.4, 0.5) is 13.2 Å². The van der Waals surface area contributed by atoms with E-state index in [-0.39, 0.29) is 5.84 Å². The Bertz CT molecular complexity index is 850. The average Bonchev–Trinajstić information content (AvgIpc) is 3.00. The molecule has 1 heterocycles. The molecule has 0 aliphatic carbocycles. The fourth-order valence-electron chi connectivity index (χ4n) is 2.42. The average molecular weight is 329 g/mol. The van der Waals surface area contributed by atoms with Gasteiger partial charge in [0, 0.05) is 11.1 Å². The van der Waals surface area contributed by atoms with E-state index in [0.717, 1.165) is 11.1 Å². The number of aliphatic imine (C=N–C) groups is 1. The molecule has 3 aromatic rings. The van der Waals surface area contributed by atoms with Crippen LogP contribution in [0.15, 0.2) is 71.7 Å². The van der Waals surface area contributed by atoms with Crippen molar-refractivity contribution in [3.8, 4) is 22.5 Å². The summed E-state index contributed by atoms with van der Waals surface area (Å²) in [7, 11) is 0. The summed E-state index contributed by atoms with van der Waals surface area (Å²) < 4.78 is 39.1. The van der Waals surface area contributed by atoms with Crippen molar-refractivity contribution in [3.63, 3.8) is 0 Å². The van der Waals surface area contributed by atoms with Gasteiger partial charge >= 0.3 is 6.30 Å². The van der Waals surface area contributed by atoms with Gasteiger partial charge in [0.25, 0.3) is 0 Å². The highest BCUT2D eigenvalue weighted by Crippen LogP contribution is 2.27. The van der Waals surface area contributed by atoms with Crippen molar-refractivity contribution < 1.29 is 13.2 Å². The van der Waals surface area contributed by atoms with Crippen molar-refractivity contribution in [2.45, 2.75) is 13.2 Å². The van der Waals surface area contributed by atoms with Crippen molar-refractivity contribution in [2.24, 2.45) is 4.99 Å². The van der Waals surface area contributed by atoms with Gasteiger partial charge in [-0.05, 0) is 13.0 Å². The zero-order chi connectivity index (χ0) is 17.2. The molecule has 24 heavy (non-hydrogen) atoms. The van der Waals surface area contributed by atoms with Gasteiger partial charge in [-0.3, -0.25) is 0 Å². The van der Waals surface area contributed by atoms with Gasteiger partial charge in [-0.1, -0.05) is 60.7 Å². The number of rotatable bonds is 2. The highest BCUT2D eigenvalue weighted by atomic mass is 19.4. The number of hydrogen-bond donors (Lipinski definition) is 0. The largest absolute Gasteiger partial charge is 0.504 e. The monoisotopic (exact) mass is 329 g/mol. The van der Waals surface area contributed by atoms with Gasteiger partial charge in [0.15, 0.2) is 0 Å². The highest BCUT2D eigenvalue weighted by Gasteiger charge is 2.27. The minimum absolute atomic E-state index is 0.233. The molecule has 1 aromatic heterocycles.